The third kappa shape index (κ3) is 6.86. The first kappa shape index (κ1) is 23.4. The van der Waals surface area contributed by atoms with Crippen molar-refractivity contribution in [1.29, 1.82) is 0 Å². The lowest BCUT2D eigenvalue weighted by molar-refractivity contribution is 0.0322. The van der Waals surface area contributed by atoms with Crippen molar-refractivity contribution < 1.29 is 18.7 Å². The Balaban J connectivity index is 1.38. The van der Waals surface area contributed by atoms with Gasteiger partial charge in [0.05, 0.1) is 25.0 Å². The van der Waals surface area contributed by atoms with Crippen molar-refractivity contribution in [3.63, 3.8) is 0 Å². The summed E-state index contributed by atoms with van der Waals surface area (Å²) in [6, 6.07) is 8.87. The maximum Gasteiger partial charge on any atom is 0.255 e. The first-order chi connectivity index (χ1) is 16.1. The highest BCUT2D eigenvalue weighted by Gasteiger charge is 2.22. The van der Waals surface area contributed by atoms with Crippen molar-refractivity contribution in [2.45, 2.75) is 37.8 Å². The third-order valence-electron chi connectivity index (χ3n) is 6.08. The van der Waals surface area contributed by atoms with Gasteiger partial charge in [0, 0.05) is 43.5 Å². The largest absolute Gasteiger partial charge is 0.492 e. The maximum absolute atomic E-state index is 13.9. The van der Waals surface area contributed by atoms with Crippen LogP contribution < -0.4 is 21.1 Å². The molecule has 8 nitrogen and oxygen atoms in total. The average molecular weight is 458 g/mol. The summed E-state index contributed by atoms with van der Waals surface area (Å²) in [5.41, 5.74) is 6.82. The van der Waals surface area contributed by atoms with Crippen LogP contribution in [0.2, 0.25) is 0 Å². The Morgan fingerprint density at radius 1 is 1.21 bits per heavy atom. The van der Waals surface area contributed by atoms with Crippen LogP contribution >= 0.6 is 0 Å². The number of amides is 1. The van der Waals surface area contributed by atoms with E-state index in [2.05, 4.69) is 20.5 Å². The Labute approximate surface area is 193 Å². The number of hydrogen-bond acceptors (Lipinski definition) is 7. The molecule has 0 spiro atoms. The van der Waals surface area contributed by atoms with Crippen molar-refractivity contribution in [2.24, 2.45) is 5.73 Å². The van der Waals surface area contributed by atoms with Crippen LogP contribution in [0.15, 0.2) is 36.5 Å². The molecular weight excluding hydrogens is 425 g/mol. The van der Waals surface area contributed by atoms with E-state index in [0.29, 0.717) is 23.9 Å². The van der Waals surface area contributed by atoms with Crippen molar-refractivity contribution in [2.75, 3.05) is 44.8 Å². The fourth-order valence-corrected chi connectivity index (χ4v) is 4.16. The molecule has 0 atom stereocenters. The second-order valence-corrected chi connectivity index (χ2v) is 8.59. The summed E-state index contributed by atoms with van der Waals surface area (Å²) in [6.07, 6.45) is 4.48. The minimum Gasteiger partial charge on any atom is -0.492 e. The van der Waals surface area contributed by atoms with Crippen molar-refractivity contribution in [3.8, 4) is 5.75 Å². The molecule has 2 aromatic rings. The second-order valence-electron chi connectivity index (χ2n) is 8.59. The lowest BCUT2D eigenvalue weighted by Crippen LogP contribution is -2.40. The van der Waals surface area contributed by atoms with Crippen LogP contribution in [0.5, 0.6) is 5.75 Å². The number of benzene rings is 1. The lowest BCUT2D eigenvalue weighted by Gasteiger charge is -2.27. The molecule has 1 aromatic carbocycles. The second kappa shape index (κ2) is 11.4. The fourth-order valence-electron chi connectivity index (χ4n) is 4.16. The zero-order valence-electron chi connectivity index (χ0n) is 18.8. The number of carbonyl (C=O) groups is 1. The topological polar surface area (TPSA) is 102 Å². The number of rotatable bonds is 8. The van der Waals surface area contributed by atoms with Crippen LogP contribution in [0.3, 0.4) is 0 Å². The van der Waals surface area contributed by atoms with Crippen LogP contribution in [0, 0.1) is 5.82 Å². The number of nitrogens with one attached hydrogen (secondary N) is 2. The zero-order chi connectivity index (χ0) is 23.0. The van der Waals surface area contributed by atoms with Gasteiger partial charge in [-0.15, -0.1) is 0 Å². The van der Waals surface area contributed by atoms with Gasteiger partial charge in [0.25, 0.3) is 5.91 Å². The Morgan fingerprint density at radius 2 is 2.00 bits per heavy atom. The molecule has 2 heterocycles. The number of carbonyl (C=O) groups excluding carboxylic acids is 1. The Hall–Kier alpha value is -2.75. The van der Waals surface area contributed by atoms with E-state index in [1.165, 1.54) is 6.07 Å². The average Bonchev–Trinajstić information content (AvgIpc) is 2.83. The standard InChI is InChI=1S/C24H32FN5O3/c25-17-14-22(24(31)29-19-6-4-18(26)5-7-19)23(27-16-17)28-20-2-1-3-21(15-20)33-13-10-30-8-11-32-12-9-30/h1-3,14-16,18-19H,4-13,26H2,(H,27,28)(H,29,31). The van der Waals surface area contributed by atoms with Crippen LogP contribution in [-0.4, -0.2) is 67.3 Å². The fraction of sp³-hybridized carbons (Fsp3) is 0.500. The van der Waals surface area contributed by atoms with Gasteiger partial charge in [-0.2, -0.15) is 0 Å². The van der Waals surface area contributed by atoms with E-state index < -0.39 is 5.82 Å². The molecule has 4 N–H and O–H groups in total. The first-order valence-electron chi connectivity index (χ1n) is 11.6. The molecule has 1 aliphatic carbocycles. The van der Waals surface area contributed by atoms with Gasteiger partial charge in [0.1, 0.15) is 24.0 Å². The number of pyridine rings is 1. The summed E-state index contributed by atoms with van der Waals surface area (Å²) in [7, 11) is 0. The SMILES string of the molecule is NC1CCC(NC(=O)c2cc(F)cnc2Nc2cccc(OCCN3CCOCC3)c2)CC1. The van der Waals surface area contributed by atoms with E-state index in [-0.39, 0.29) is 23.6 Å². The van der Waals surface area contributed by atoms with Crippen molar-refractivity contribution in [3.05, 3.63) is 47.9 Å². The molecule has 178 valence electrons. The third-order valence-corrected chi connectivity index (χ3v) is 6.08. The van der Waals surface area contributed by atoms with Gasteiger partial charge in [0.2, 0.25) is 0 Å². The summed E-state index contributed by atoms with van der Waals surface area (Å²) < 4.78 is 25.2. The van der Waals surface area contributed by atoms with E-state index >= 15 is 0 Å². The van der Waals surface area contributed by atoms with Gasteiger partial charge in [-0.3, -0.25) is 9.69 Å². The molecule has 33 heavy (non-hydrogen) atoms. The predicted molar refractivity (Wildman–Crippen MR) is 124 cm³/mol. The summed E-state index contributed by atoms with van der Waals surface area (Å²) in [4.78, 5) is 19.3. The number of aromatic nitrogens is 1. The van der Waals surface area contributed by atoms with Gasteiger partial charge in [0.15, 0.2) is 0 Å². The molecule has 9 heteroatoms. The van der Waals surface area contributed by atoms with E-state index in [4.69, 9.17) is 15.2 Å². The number of ether oxygens (including phenoxy) is 2. The van der Waals surface area contributed by atoms with E-state index in [1.54, 1.807) is 0 Å². The summed E-state index contributed by atoms with van der Waals surface area (Å²) in [5, 5.41) is 6.14. The van der Waals surface area contributed by atoms with Crippen LogP contribution in [0.1, 0.15) is 36.0 Å². The summed E-state index contributed by atoms with van der Waals surface area (Å²) >= 11 is 0. The summed E-state index contributed by atoms with van der Waals surface area (Å²) in [5.74, 6) is 0.103. The lowest BCUT2D eigenvalue weighted by atomic mass is 9.91. The quantitative estimate of drug-likeness (QED) is 0.560. The smallest absolute Gasteiger partial charge is 0.255 e. The van der Waals surface area contributed by atoms with Crippen LogP contribution in [-0.2, 0) is 4.74 Å². The van der Waals surface area contributed by atoms with Crippen LogP contribution in [0.25, 0.3) is 0 Å². The number of nitrogens with zero attached hydrogens (tertiary/aromatic N) is 2. The van der Waals surface area contributed by atoms with Gasteiger partial charge in [-0.05, 0) is 43.9 Å². The van der Waals surface area contributed by atoms with Crippen molar-refractivity contribution >= 4 is 17.4 Å². The molecule has 4 rings (SSSR count). The molecule has 2 aliphatic rings. The van der Waals surface area contributed by atoms with E-state index in [0.717, 1.165) is 64.7 Å². The molecule has 1 aliphatic heterocycles. The number of halogens is 1. The normalized spacial score (nSPS) is 21.4. The molecule has 1 aromatic heterocycles. The molecule has 2 fully saturated rings. The van der Waals surface area contributed by atoms with E-state index in [9.17, 15) is 9.18 Å². The first-order valence-corrected chi connectivity index (χ1v) is 11.6. The number of hydrogen-bond donors (Lipinski definition) is 3. The van der Waals surface area contributed by atoms with Gasteiger partial charge >= 0.3 is 0 Å². The van der Waals surface area contributed by atoms with E-state index in [1.807, 2.05) is 24.3 Å². The van der Waals surface area contributed by atoms with Crippen LogP contribution in [0.4, 0.5) is 15.9 Å². The molecule has 0 radical (unpaired) electrons. The molecular formula is C24H32FN5O3. The molecule has 0 unspecified atom stereocenters. The predicted octanol–water partition coefficient (Wildman–Crippen LogP) is 2.68. The molecule has 0 bridgehead atoms. The molecule has 1 saturated heterocycles. The number of nitrogens with two attached hydrogens (primary N) is 1. The van der Waals surface area contributed by atoms with Crippen molar-refractivity contribution in [1.82, 2.24) is 15.2 Å². The highest BCUT2D eigenvalue weighted by molar-refractivity contribution is 5.99. The minimum absolute atomic E-state index is 0.0385. The Morgan fingerprint density at radius 3 is 2.79 bits per heavy atom. The monoisotopic (exact) mass is 457 g/mol. The Bertz CT molecular complexity index is 930. The Kier molecular flexibility index (Phi) is 8.09. The number of anilines is 2. The highest BCUT2D eigenvalue weighted by atomic mass is 19.1. The van der Waals surface area contributed by atoms with Gasteiger partial charge < -0.3 is 25.8 Å². The maximum atomic E-state index is 13.9. The molecule has 1 saturated carbocycles. The summed E-state index contributed by atoms with van der Waals surface area (Å²) in [6.45, 7) is 4.75. The highest BCUT2D eigenvalue weighted by Crippen LogP contribution is 2.24. The number of morpholine rings is 1. The molecule has 1 amide bonds. The minimum atomic E-state index is -0.559. The zero-order valence-corrected chi connectivity index (χ0v) is 18.8. The van der Waals surface area contributed by atoms with Gasteiger partial charge in [-0.25, -0.2) is 9.37 Å². The van der Waals surface area contributed by atoms with Gasteiger partial charge in [-0.1, -0.05) is 6.07 Å².